The fourth-order valence-corrected chi connectivity index (χ4v) is 2.61. The molecule has 0 fully saturated rings. The van der Waals surface area contributed by atoms with Crippen molar-refractivity contribution in [1.82, 2.24) is 9.88 Å². The summed E-state index contributed by atoms with van der Waals surface area (Å²) in [5.41, 5.74) is -0.259. The first kappa shape index (κ1) is 16.8. The van der Waals surface area contributed by atoms with Crippen molar-refractivity contribution in [3.63, 3.8) is 0 Å². The smallest absolute Gasteiger partial charge is 0.325 e. The third-order valence-electron chi connectivity index (χ3n) is 2.78. The van der Waals surface area contributed by atoms with Crippen LogP contribution in [-0.2, 0) is 6.18 Å². The second-order valence-corrected chi connectivity index (χ2v) is 5.73. The van der Waals surface area contributed by atoms with Crippen LogP contribution in [0.4, 0.5) is 18.0 Å². The summed E-state index contributed by atoms with van der Waals surface area (Å²) >= 11 is 1.24. The molecule has 1 aromatic heterocycles. The lowest BCUT2D eigenvalue weighted by Crippen LogP contribution is -2.24. The van der Waals surface area contributed by atoms with Gasteiger partial charge in [-0.1, -0.05) is 5.92 Å². The lowest BCUT2D eigenvalue weighted by Gasteiger charge is -2.08. The van der Waals surface area contributed by atoms with Gasteiger partial charge in [-0.25, -0.2) is 4.79 Å². The summed E-state index contributed by atoms with van der Waals surface area (Å²) in [5, 5.41) is 2.40. The van der Waals surface area contributed by atoms with Crippen molar-refractivity contribution in [3.8, 4) is 18.0 Å². The van der Waals surface area contributed by atoms with Gasteiger partial charge in [-0.2, -0.15) is 18.2 Å². The standard InChI is InChI=1S/C15H12F3N3OS/c1-3-8-19-13(22)20-14-21(9-10(2)23-14)12-6-4-11(5-7-12)15(16,17)18/h1,4-7,9H,8H2,2H3,(H,19,22)/b20-14-. The average Bonchev–Trinajstić information content (AvgIpc) is 2.85. The molecule has 23 heavy (non-hydrogen) atoms. The number of alkyl halides is 3. The van der Waals surface area contributed by atoms with E-state index in [1.807, 2.05) is 6.92 Å². The quantitative estimate of drug-likeness (QED) is 0.840. The molecule has 4 nitrogen and oxygen atoms in total. The van der Waals surface area contributed by atoms with Gasteiger partial charge in [-0.05, 0) is 31.2 Å². The number of benzene rings is 1. The molecule has 2 amide bonds. The van der Waals surface area contributed by atoms with Gasteiger partial charge < -0.3 is 5.32 Å². The van der Waals surface area contributed by atoms with Crippen LogP contribution in [-0.4, -0.2) is 17.1 Å². The Hall–Kier alpha value is -2.53. The van der Waals surface area contributed by atoms with Crippen LogP contribution in [0, 0.1) is 19.3 Å². The number of amides is 2. The summed E-state index contributed by atoms with van der Waals surface area (Å²) < 4.78 is 39.4. The Labute approximate surface area is 134 Å². The number of hydrogen-bond acceptors (Lipinski definition) is 2. The number of urea groups is 1. The van der Waals surface area contributed by atoms with Crippen LogP contribution in [0.5, 0.6) is 0 Å². The first-order valence-corrected chi connectivity index (χ1v) is 7.25. The summed E-state index contributed by atoms with van der Waals surface area (Å²) in [7, 11) is 0. The van der Waals surface area contributed by atoms with E-state index in [0.29, 0.717) is 10.5 Å². The van der Waals surface area contributed by atoms with Crippen molar-refractivity contribution in [2.45, 2.75) is 13.1 Å². The Bertz CT molecular complexity index is 810. The molecule has 0 saturated heterocycles. The number of aryl methyl sites for hydroxylation is 1. The van der Waals surface area contributed by atoms with Gasteiger partial charge in [0.2, 0.25) is 0 Å². The van der Waals surface area contributed by atoms with Crippen molar-refractivity contribution in [1.29, 1.82) is 0 Å². The third-order valence-corrected chi connectivity index (χ3v) is 3.68. The molecule has 0 aliphatic heterocycles. The highest BCUT2D eigenvalue weighted by molar-refractivity contribution is 7.09. The molecule has 0 unspecified atom stereocenters. The Balaban J connectivity index is 2.39. The van der Waals surface area contributed by atoms with E-state index >= 15 is 0 Å². The van der Waals surface area contributed by atoms with Crippen LogP contribution in [0.1, 0.15) is 10.4 Å². The second kappa shape index (κ2) is 6.71. The van der Waals surface area contributed by atoms with Gasteiger partial charge in [0.1, 0.15) is 0 Å². The molecule has 0 atom stereocenters. The van der Waals surface area contributed by atoms with Crippen LogP contribution in [0.3, 0.4) is 0 Å². The van der Waals surface area contributed by atoms with Gasteiger partial charge in [0.15, 0.2) is 4.80 Å². The number of nitrogens with zero attached hydrogens (tertiary/aromatic N) is 2. The van der Waals surface area contributed by atoms with Crippen LogP contribution in [0.25, 0.3) is 5.69 Å². The lowest BCUT2D eigenvalue weighted by molar-refractivity contribution is -0.137. The molecule has 1 N–H and O–H groups in total. The first-order chi connectivity index (χ1) is 10.8. The molecule has 1 heterocycles. The Morgan fingerprint density at radius 2 is 2.04 bits per heavy atom. The minimum absolute atomic E-state index is 0.0486. The number of halogens is 3. The molecule has 0 radical (unpaired) electrons. The van der Waals surface area contributed by atoms with Crippen LogP contribution in [0.2, 0.25) is 0 Å². The average molecular weight is 339 g/mol. The van der Waals surface area contributed by atoms with Gasteiger partial charge >= 0.3 is 12.2 Å². The van der Waals surface area contributed by atoms with Gasteiger partial charge in [-0.15, -0.1) is 17.8 Å². The molecule has 8 heteroatoms. The zero-order chi connectivity index (χ0) is 17.0. The highest BCUT2D eigenvalue weighted by Crippen LogP contribution is 2.29. The number of hydrogen-bond donors (Lipinski definition) is 1. The number of aromatic nitrogens is 1. The number of carbonyl (C=O) groups excluding carboxylic acids is 1. The zero-order valence-corrected chi connectivity index (χ0v) is 12.8. The number of thiazole rings is 1. The van der Waals surface area contributed by atoms with Gasteiger partial charge in [0, 0.05) is 16.8 Å². The summed E-state index contributed by atoms with van der Waals surface area (Å²) in [6.07, 6.45) is 2.35. The Kier molecular flexibility index (Phi) is 4.91. The molecule has 1 aromatic carbocycles. The number of nitrogens with one attached hydrogen (secondary N) is 1. The zero-order valence-electron chi connectivity index (χ0n) is 12.0. The number of carbonyl (C=O) groups is 1. The lowest BCUT2D eigenvalue weighted by atomic mass is 10.2. The van der Waals surface area contributed by atoms with Crippen LogP contribution >= 0.6 is 11.3 Å². The van der Waals surface area contributed by atoms with Gasteiger partial charge in [-0.3, -0.25) is 4.57 Å². The first-order valence-electron chi connectivity index (χ1n) is 6.44. The molecule has 0 aliphatic carbocycles. The SMILES string of the molecule is C#CCNC(=O)/N=c1\sc(C)cn1-c1ccc(C(F)(F)F)cc1. The third kappa shape index (κ3) is 4.23. The van der Waals surface area contributed by atoms with Crippen molar-refractivity contribution >= 4 is 17.4 Å². The molecule has 0 aliphatic rings. The minimum Gasteiger partial charge on any atom is -0.325 e. The van der Waals surface area contributed by atoms with Crippen LogP contribution in [0.15, 0.2) is 35.5 Å². The summed E-state index contributed by atoms with van der Waals surface area (Å²) in [6, 6.07) is 4.01. The predicted octanol–water partition coefficient (Wildman–Crippen LogP) is 3.11. The molecule has 2 aromatic rings. The molecule has 0 spiro atoms. The largest absolute Gasteiger partial charge is 0.416 e. The summed E-state index contributed by atoms with van der Waals surface area (Å²) in [4.78, 5) is 16.7. The van der Waals surface area contributed by atoms with Crippen molar-refractivity contribution in [2.24, 2.45) is 4.99 Å². The molecule has 2 rings (SSSR count). The van der Waals surface area contributed by atoms with E-state index in [1.54, 1.807) is 10.8 Å². The van der Waals surface area contributed by atoms with Crippen molar-refractivity contribution in [2.75, 3.05) is 6.54 Å². The fraction of sp³-hybridized carbons (Fsp3) is 0.200. The molecular weight excluding hydrogens is 327 g/mol. The van der Waals surface area contributed by atoms with Crippen molar-refractivity contribution < 1.29 is 18.0 Å². The summed E-state index contributed by atoms with van der Waals surface area (Å²) in [6.45, 7) is 1.86. The van der Waals surface area contributed by atoms with Gasteiger partial charge in [0.05, 0.1) is 12.1 Å². The molecular formula is C15H12F3N3OS. The maximum Gasteiger partial charge on any atom is 0.416 e. The normalized spacial score (nSPS) is 12.0. The van der Waals surface area contributed by atoms with E-state index in [9.17, 15) is 18.0 Å². The Morgan fingerprint density at radius 3 is 2.61 bits per heavy atom. The van der Waals surface area contributed by atoms with Gasteiger partial charge in [0.25, 0.3) is 0 Å². The minimum atomic E-state index is -4.39. The second-order valence-electron chi connectivity index (χ2n) is 4.51. The highest BCUT2D eigenvalue weighted by Gasteiger charge is 2.30. The Morgan fingerprint density at radius 1 is 1.39 bits per heavy atom. The van der Waals surface area contributed by atoms with E-state index in [0.717, 1.165) is 17.0 Å². The topological polar surface area (TPSA) is 46.4 Å². The predicted molar refractivity (Wildman–Crippen MR) is 81.2 cm³/mol. The monoisotopic (exact) mass is 339 g/mol. The van der Waals surface area contributed by atoms with Crippen molar-refractivity contribution in [3.05, 3.63) is 45.7 Å². The van der Waals surface area contributed by atoms with Crippen LogP contribution < -0.4 is 10.1 Å². The number of rotatable bonds is 2. The summed E-state index contributed by atoms with van der Waals surface area (Å²) in [5.74, 6) is 2.25. The van der Waals surface area contributed by atoms with E-state index in [2.05, 4.69) is 16.2 Å². The van der Waals surface area contributed by atoms with E-state index in [1.165, 1.54) is 23.5 Å². The molecule has 0 bridgehead atoms. The molecule has 120 valence electrons. The fourth-order valence-electron chi connectivity index (χ4n) is 1.78. The molecule has 0 saturated carbocycles. The highest BCUT2D eigenvalue weighted by atomic mass is 32.1. The maximum absolute atomic E-state index is 12.6. The maximum atomic E-state index is 12.6. The number of terminal acetylenes is 1. The van der Waals surface area contributed by atoms with E-state index < -0.39 is 17.8 Å². The van der Waals surface area contributed by atoms with E-state index in [4.69, 9.17) is 6.42 Å². The van der Waals surface area contributed by atoms with E-state index in [-0.39, 0.29) is 6.54 Å².